The minimum atomic E-state index is -2.91. The van der Waals surface area contributed by atoms with Crippen LogP contribution in [-0.2, 0) is 9.84 Å². The Morgan fingerprint density at radius 2 is 1.93 bits per heavy atom. The maximum absolute atomic E-state index is 13.0. The number of methoxy groups -OCH3 is 1. The second kappa shape index (κ2) is 9.10. The number of piperazine rings is 1. The third-order valence-electron chi connectivity index (χ3n) is 5.36. The maximum atomic E-state index is 13.0. The molecule has 1 aromatic rings. The fraction of sp³-hybridized carbons (Fsp3) is 0.650. The molecule has 7 nitrogen and oxygen atoms in total. The Morgan fingerprint density at radius 3 is 2.48 bits per heavy atom. The lowest BCUT2D eigenvalue weighted by molar-refractivity contribution is 0.0587. The Morgan fingerprint density at radius 1 is 1.24 bits per heavy atom. The highest BCUT2D eigenvalue weighted by Gasteiger charge is 2.34. The highest BCUT2D eigenvalue weighted by atomic mass is 35.5. The zero-order chi connectivity index (χ0) is 21.2. The lowest BCUT2D eigenvalue weighted by Gasteiger charge is -2.37. The van der Waals surface area contributed by atoms with Crippen LogP contribution in [0.1, 0.15) is 30.6 Å². The summed E-state index contributed by atoms with van der Waals surface area (Å²) in [7, 11) is -1.38. The van der Waals surface area contributed by atoms with Gasteiger partial charge in [0.25, 0.3) is 5.91 Å². The molecule has 2 saturated heterocycles. The molecule has 0 saturated carbocycles. The number of benzene rings is 1. The van der Waals surface area contributed by atoms with Crippen LogP contribution in [-0.4, -0.2) is 81.6 Å². The molecule has 0 bridgehead atoms. The number of amides is 1. The van der Waals surface area contributed by atoms with Crippen molar-refractivity contribution in [1.82, 2.24) is 9.80 Å². The number of halogens is 1. The summed E-state index contributed by atoms with van der Waals surface area (Å²) in [6, 6.07) is 3.36. The second-order valence-electron chi connectivity index (χ2n) is 8.08. The molecule has 0 radical (unpaired) electrons. The van der Waals surface area contributed by atoms with Crippen molar-refractivity contribution in [3.8, 4) is 11.5 Å². The van der Waals surface area contributed by atoms with E-state index >= 15 is 0 Å². The molecule has 0 spiro atoms. The van der Waals surface area contributed by atoms with E-state index in [1.807, 2.05) is 13.8 Å². The molecular formula is C20H29ClN2O5S. The van der Waals surface area contributed by atoms with Crippen LogP contribution < -0.4 is 9.47 Å². The lowest BCUT2D eigenvalue weighted by atomic mass is 10.1. The van der Waals surface area contributed by atoms with Crippen molar-refractivity contribution in [2.45, 2.75) is 26.3 Å². The van der Waals surface area contributed by atoms with Gasteiger partial charge in [0.05, 0.1) is 30.2 Å². The Hall–Kier alpha value is -1.51. The minimum absolute atomic E-state index is 0.0733. The Kier molecular flexibility index (Phi) is 6.96. The van der Waals surface area contributed by atoms with Crippen molar-refractivity contribution < 1.29 is 22.7 Å². The highest BCUT2D eigenvalue weighted by molar-refractivity contribution is 7.91. The van der Waals surface area contributed by atoms with Crippen LogP contribution >= 0.6 is 11.6 Å². The normalized spacial score (nSPS) is 22.1. The van der Waals surface area contributed by atoms with E-state index < -0.39 is 9.84 Å². The van der Waals surface area contributed by atoms with Crippen molar-refractivity contribution >= 4 is 27.3 Å². The summed E-state index contributed by atoms with van der Waals surface area (Å²) in [5, 5.41) is 0.350. The van der Waals surface area contributed by atoms with Crippen LogP contribution in [0.25, 0.3) is 0 Å². The molecule has 2 fully saturated rings. The summed E-state index contributed by atoms with van der Waals surface area (Å²) in [5.74, 6) is 1.61. The van der Waals surface area contributed by atoms with E-state index in [9.17, 15) is 13.2 Å². The number of carbonyl (C=O) groups is 1. The first-order chi connectivity index (χ1) is 13.7. The molecule has 1 atom stereocenters. The van der Waals surface area contributed by atoms with Crippen molar-refractivity contribution in [3.63, 3.8) is 0 Å². The van der Waals surface area contributed by atoms with Crippen molar-refractivity contribution in [3.05, 3.63) is 22.7 Å². The number of carbonyl (C=O) groups excluding carboxylic acids is 1. The lowest BCUT2D eigenvalue weighted by Crippen LogP contribution is -2.52. The van der Waals surface area contributed by atoms with Crippen LogP contribution in [0.2, 0.25) is 5.02 Å². The first kappa shape index (κ1) is 22.2. The van der Waals surface area contributed by atoms with Crippen LogP contribution in [0, 0.1) is 5.92 Å². The van der Waals surface area contributed by atoms with E-state index in [1.54, 1.807) is 17.0 Å². The number of rotatable bonds is 6. The molecule has 2 heterocycles. The van der Waals surface area contributed by atoms with Gasteiger partial charge in [0, 0.05) is 37.8 Å². The SMILES string of the molecule is COc1cc(C(=O)N2CCN(C3CCS(=O)(=O)C3)CC2)cc(Cl)c1OCC(C)C. The molecule has 1 amide bonds. The van der Waals surface area contributed by atoms with E-state index in [2.05, 4.69) is 4.90 Å². The molecule has 0 aromatic heterocycles. The molecular weight excluding hydrogens is 416 g/mol. The van der Waals surface area contributed by atoms with Crippen LogP contribution in [0.15, 0.2) is 12.1 Å². The minimum Gasteiger partial charge on any atom is -0.493 e. The molecule has 3 rings (SSSR count). The summed E-state index contributed by atoms with van der Waals surface area (Å²) in [6.45, 7) is 7.04. The standard InChI is InChI=1S/C20H29ClN2O5S/c1-14(2)12-28-19-17(21)10-15(11-18(19)27-3)20(24)23-7-5-22(6-8-23)16-4-9-29(25,26)13-16/h10-11,14,16H,4-9,12-13H2,1-3H3. The molecule has 9 heteroatoms. The molecule has 2 aliphatic rings. The van der Waals surface area contributed by atoms with Crippen LogP contribution in [0.4, 0.5) is 0 Å². The summed E-state index contributed by atoms with van der Waals surface area (Å²) >= 11 is 6.37. The largest absolute Gasteiger partial charge is 0.493 e. The second-order valence-corrected chi connectivity index (χ2v) is 10.7. The topological polar surface area (TPSA) is 76.2 Å². The van der Waals surface area contributed by atoms with Gasteiger partial charge in [-0.3, -0.25) is 9.69 Å². The zero-order valence-corrected chi connectivity index (χ0v) is 18.8. The molecule has 162 valence electrons. The molecule has 29 heavy (non-hydrogen) atoms. The summed E-state index contributed by atoms with van der Waals surface area (Å²) < 4.78 is 34.6. The van der Waals surface area contributed by atoms with E-state index in [4.69, 9.17) is 21.1 Å². The summed E-state index contributed by atoms with van der Waals surface area (Å²) in [6.07, 6.45) is 0.681. The van der Waals surface area contributed by atoms with E-state index in [1.165, 1.54) is 7.11 Å². The molecule has 0 N–H and O–H groups in total. The van der Waals surface area contributed by atoms with E-state index in [-0.39, 0.29) is 23.5 Å². The predicted octanol–water partition coefficient (Wildman–Crippen LogP) is 2.33. The summed E-state index contributed by atoms with van der Waals surface area (Å²) in [5.41, 5.74) is 0.459. The number of nitrogens with zero attached hydrogens (tertiary/aromatic N) is 2. The highest BCUT2D eigenvalue weighted by Crippen LogP contribution is 2.37. The monoisotopic (exact) mass is 444 g/mol. The Labute approximate surface area is 177 Å². The van der Waals surface area contributed by atoms with Crippen LogP contribution in [0.3, 0.4) is 0 Å². The third kappa shape index (κ3) is 5.35. The molecule has 1 unspecified atom stereocenters. The first-order valence-corrected chi connectivity index (χ1v) is 12.1. The van der Waals surface area contributed by atoms with Gasteiger partial charge in [-0.2, -0.15) is 0 Å². The first-order valence-electron chi connectivity index (χ1n) is 9.94. The van der Waals surface area contributed by atoms with Gasteiger partial charge in [-0.1, -0.05) is 25.4 Å². The van der Waals surface area contributed by atoms with Gasteiger partial charge in [0.15, 0.2) is 21.3 Å². The third-order valence-corrected chi connectivity index (χ3v) is 7.39. The van der Waals surface area contributed by atoms with Gasteiger partial charge in [0.2, 0.25) is 0 Å². The summed E-state index contributed by atoms with van der Waals surface area (Å²) in [4.78, 5) is 16.9. The Bertz CT molecular complexity index is 851. The Balaban J connectivity index is 1.65. The van der Waals surface area contributed by atoms with E-state index in [0.717, 1.165) is 0 Å². The number of ether oxygens (including phenoxy) is 2. The smallest absolute Gasteiger partial charge is 0.254 e. The fourth-order valence-electron chi connectivity index (χ4n) is 3.77. The molecule has 0 aliphatic carbocycles. The van der Waals surface area contributed by atoms with Gasteiger partial charge in [-0.15, -0.1) is 0 Å². The average molecular weight is 445 g/mol. The van der Waals surface area contributed by atoms with Gasteiger partial charge < -0.3 is 14.4 Å². The van der Waals surface area contributed by atoms with Crippen molar-refractivity contribution in [2.24, 2.45) is 5.92 Å². The van der Waals surface area contributed by atoms with Gasteiger partial charge in [-0.25, -0.2) is 8.42 Å². The van der Waals surface area contributed by atoms with Gasteiger partial charge in [0.1, 0.15) is 0 Å². The number of hydrogen-bond donors (Lipinski definition) is 0. The van der Waals surface area contributed by atoms with Gasteiger partial charge in [-0.05, 0) is 24.5 Å². The molecule has 1 aromatic carbocycles. The quantitative estimate of drug-likeness (QED) is 0.670. The maximum Gasteiger partial charge on any atom is 0.254 e. The van der Waals surface area contributed by atoms with E-state index in [0.29, 0.717) is 67.2 Å². The van der Waals surface area contributed by atoms with Crippen molar-refractivity contribution in [2.75, 3.05) is 51.4 Å². The number of hydrogen-bond acceptors (Lipinski definition) is 6. The fourth-order valence-corrected chi connectivity index (χ4v) is 5.80. The average Bonchev–Trinajstić information content (AvgIpc) is 3.05. The zero-order valence-electron chi connectivity index (χ0n) is 17.2. The molecule has 2 aliphatic heterocycles. The number of sulfone groups is 1. The van der Waals surface area contributed by atoms with Crippen molar-refractivity contribution in [1.29, 1.82) is 0 Å². The van der Waals surface area contributed by atoms with Gasteiger partial charge >= 0.3 is 0 Å². The van der Waals surface area contributed by atoms with Crippen LogP contribution in [0.5, 0.6) is 11.5 Å². The predicted molar refractivity (Wildman–Crippen MR) is 113 cm³/mol.